The third-order valence-corrected chi connectivity index (χ3v) is 2.20. The Labute approximate surface area is 94.0 Å². The van der Waals surface area contributed by atoms with Gasteiger partial charge in [0.15, 0.2) is 0 Å². The Morgan fingerprint density at radius 3 is 2.25 bits per heavy atom. The van der Waals surface area contributed by atoms with Crippen molar-refractivity contribution in [1.29, 1.82) is 0 Å². The molecule has 88 valence electrons. The molecule has 1 fully saturated rings. The first-order valence-corrected chi connectivity index (χ1v) is 5.08. The van der Waals surface area contributed by atoms with Crippen LogP contribution in [0.15, 0.2) is 18.2 Å². The van der Waals surface area contributed by atoms with Crippen LogP contribution in [0.2, 0.25) is 0 Å². The molecule has 0 aliphatic carbocycles. The van der Waals surface area contributed by atoms with Gasteiger partial charge in [0.2, 0.25) is 0 Å². The number of nitrogens with two attached hydrogens (primary N) is 2. The van der Waals surface area contributed by atoms with E-state index in [1.807, 2.05) is 0 Å². The van der Waals surface area contributed by atoms with Crippen molar-refractivity contribution in [2.24, 2.45) is 0 Å². The van der Waals surface area contributed by atoms with Gasteiger partial charge in [0, 0.05) is 13.2 Å². The molecule has 1 saturated heterocycles. The first-order valence-electron chi connectivity index (χ1n) is 5.08. The van der Waals surface area contributed by atoms with Crippen molar-refractivity contribution in [3.05, 3.63) is 23.8 Å². The number of carboxylic acid groups (broad SMARTS) is 1. The number of nitrogen functional groups attached to an aromatic ring is 2. The summed E-state index contributed by atoms with van der Waals surface area (Å²) in [6, 6.07) is 4.52. The molecule has 5 heteroatoms. The van der Waals surface area contributed by atoms with Crippen molar-refractivity contribution in [2.75, 3.05) is 24.7 Å². The molecule has 1 aromatic carbocycles. The lowest BCUT2D eigenvalue weighted by molar-refractivity contribution is 0.0698. The average Bonchev–Trinajstić information content (AvgIpc) is 2.80. The average molecular weight is 224 g/mol. The first-order chi connectivity index (χ1) is 7.63. The Hall–Kier alpha value is -1.75. The topological polar surface area (TPSA) is 98.6 Å². The van der Waals surface area contributed by atoms with Crippen LogP contribution in [-0.2, 0) is 4.74 Å². The molecular weight excluding hydrogens is 208 g/mol. The maximum atomic E-state index is 10.4. The Bertz CT molecular complexity index is 355. The zero-order chi connectivity index (χ0) is 12.0. The lowest BCUT2D eigenvalue weighted by Crippen LogP contribution is -2.04. The largest absolute Gasteiger partial charge is 0.478 e. The predicted molar refractivity (Wildman–Crippen MR) is 62.3 cm³/mol. The maximum Gasteiger partial charge on any atom is 0.337 e. The van der Waals surface area contributed by atoms with Gasteiger partial charge in [-0.05, 0) is 25.0 Å². The van der Waals surface area contributed by atoms with Gasteiger partial charge in [0.1, 0.15) is 0 Å². The summed E-state index contributed by atoms with van der Waals surface area (Å²) in [4.78, 5) is 10.4. The lowest BCUT2D eigenvalue weighted by Gasteiger charge is -2.01. The van der Waals surface area contributed by atoms with Crippen LogP contribution in [0.1, 0.15) is 23.2 Å². The van der Waals surface area contributed by atoms with E-state index in [1.165, 1.54) is 18.9 Å². The zero-order valence-corrected chi connectivity index (χ0v) is 8.98. The highest BCUT2D eigenvalue weighted by Crippen LogP contribution is 2.18. The van der Waals surface area contributed by atoms with Crippen LogP contribution in [0, 0.1) is 0 Å². The summed E-state index contributed by atoms with van der Waals surface area (Å²) < 4.78 is 4.94. The maximum absolute atomic E-state index is 10.4. The standard InChI is InChI=1S/C7H8N2O2.C4H8O/c8-5-3-1-2-4(6(5)9)7(10)11;1-2-4-5-3-1/h1-3H,8-9H2,(H,10,11);1-4H2. The summed E-state index contributed by atoms with van der Waals surface area (Å²) in [5.74, 6) is -1.06. The lowest BCUT2D eigenvalue weighted by atomic mass is 10.1. The van der Waals surface area contributed by atoms with E-state index in [2.05, 4.69) is 0 Å². The summed E-state index contributed by atoms with van der Waals surface area (Å²) in [7, 11) is 0. The fourth-order valence-electron chi connectivity index (χ4n) is 1.28. The van der Waals surface area contributed by atoms with Crippen molar-refractivity contribution >= 4 is 17.3 Å². The van der Waals surface area contributed by atoms with E-state index in [4.69, 9.17) is 21.3 Å². The minimum Gasteiger partial charge on any atom is -0.478 e. The minimum absolute atomic E-state index is 0.0463. The number of para-hydroxylation sites is 1. The number of hydrogen-bond acceptors (Lipinski definition) is 4. The van der Waals surface area contributed by atoms with Crippen LogP contribution < -0.4 is 11.5 Å². The number of carbonyl (C=O) groups is 1. The van der Waals surface area contributed by atoms with Gasteiger partial charge in [0.05, 0.1) is 16.9 Å². The Kier molecular flexibility index (Phi) is 4.60. The van der Waals surface area contributed by atoms with Gasteiger partial charge < -0.3 is 21.3 Å². The molecule has 2 rings (SSSR count). The van der Waals surface area contributed by atoms with Gasteiger partial charge in [-0.3, -0.25) is 0 Å². The number of benzene rings is 1. The molecule has 5 N–H and O–H groups in total. The third kappa shape index (κ3) is 3.43. The van der Waals surface area contributed by atoms with Crippen molar-refractivity contribution in [3.8, 4) is 0 Å². The second kappa shape index (κ2) is 5.97. The molecule has 0 saturated carbocycles. The zero-order valence-electron chi connectivity index (χ0n) is 8.98. The highest BCUT2D eigenvalue weighted by atomic mass is 16.5. The summed E-state index contributed by atoms with van der Waals surface area (Å²) in [6.07, 6.45) is 2.56. The van der Waals surface area contributed by atoms with Crippen LogP contribution in [0.4, 0.5) is 11.4 Å². The number of carboxylic acids is 1. The van der Waals surface area contributed by atoms with Crippen LogP contribution in [0.3, 0.4) is 0 Å². The molecule has 1 heterocycles. The van der Waals surface area contributed by atoms with Crippen molar-refractivity contribution in [1.82, 2.24) is 0 Å². The second-order valence-corrected chi connectivity index (χ2v) is 3.43. The quantitative estimate of drug-likeness (QED) is 0.625. The summed E-state index contributed by atoms with van der Waals surface area (Å²) >= 11 is 0. The molecule has 0 radical (unpaired) electrons. The second-order valence-electron chi connectivity index (χ2n) is 3.43. The van der Waals surface area contributed by atoms with Crippen molar-refractivity contribution in [2.45, 2.75) is 12.8 Å². The van der Waals surface area contributed by atoms with E-state index < -0.39 is 5.97 Å². The fourth-order valence-corrected chi connectivity index (χ4v) is 1.28. The number of ether oxygens (including phenoxy) is 1. The molecular formula is C11H16N2O3. The van der Waals surface area contributed by atoms with Gasteiger partial charge >= 0.3 is 5.97 Å². The molecule has 0 amide bonds. The molecule has 0 atom stereocenters. The smallest absolute Gasteiger partial charge is 0.337 e. The van der Waals surface area contributed by atoms with Gasteiger partial charge in [-0.2, -0.15) is 0 Å². The number of aromatic carboxylic acids is 1. The van der Waals surface area contributed by atoms with Gasteiger partial charge in [-0.1, -0.05) is 6.07 Å². The molecule has 1 aromatic rings. The van der Waals surface area contributed by atoms with E-state index in [0.717, 1.165) is 13.2 Å². The van der Waals surface area contributed by atoms with Crippen LogP contribution in [-0.4, -0.2) is 24.3 Å². The molecule has 1 aliphatic heterocycles. The van der Waals surface area contributed by atoms with Crippen LogP contribution >= 0.6 is 0 Å². The fraction of sp³-hybridized carbons (Fsp3) is 0.364. The minimum atomic E-state index is -1.06. The Morgan fingerprint density at radius 1 is 1.25 bits per heavy atom. The molecule has 16 heavy (non-hydrogen) atoms. The van der Waals surface area contributed by atoms with Gasteiger partial charge in [0.25, 0.3) is 0 Å². The third-order valence-electron chi connectivity index (χ3n) is 2.20. The highest BCUT2D eigenvalue weighted by Gasteiger charge is 2.07. The van der Waals surface area contributed by atoms with E-state index in [1.54, 1.807) is 12.1 Å². The SMILES string of the molecule is C1CCOC1.Nc1cccc(C(=O)O)c1N. The number of hydrogen-bond donors (Lipinski definition) is 3. The summed E-state index contributed by atoms with van der Waals surface area (Å²) in [5.41, 5.74) is 11.2. The number of anilines is 2. The highest BCUT2D eigenvalue weighted by molar-refractivity contribution is 5.96. The Morgan fingerprint density at radius 2 is 1.88 bits per heavy atom. The Balaban J connectivity index is 0.000000212. The molecule has 0 spiro atoms. The van der Waals surface area contributed by atoms with Crippen molar-refractivity contribution in [3.63, 3.8) is 0 Å². The molecule has 5 nitrogen and oxygen atoms in total. The summed E-state index contributed by atoms with van der Waals surface area (Å²) in [5, 5.41) is 8.55. The van der Waals surface area contributed by atoms with Crippen molar-refractivity contribution < 1.29 is 14.6 Å². The first kappa shape index (κ1) is 12.3. The monoisotopic (exact) mass is 224 g/mol. The summed E-state index contributed by atoms with van der Waals surface area (Å²) in [6.45, 7) is 2.00. The van der Waals surface area contributed by atoms with E-state index in [9.17, 15) is 4.79 Å². The number of rotatable bonds is 1. The molecule has 0 bridgehead atoms. The predicted octanol–water partition coefficient (Wildman–Crippen LogP) is 1.35. The van der Waals surface area contributed by atoms with Gasteiger partial charge in [-0.25, -0.2) is 4.79 Å². The van der Waals surface area contributed by atoms with Crippen LogP contribution in [0.25, 0.3) is 0 Å². The normalized spacial score (nSPS) is 14.0. The molecule has 1 aliphatic rings. The molecule has 0 unspecified atom stereocenters. The van der Waals surface area contributed by atoms with E-state index in [-0.39, 0.29) is 11.3 Å². The molecule has 0 aromatic heterocycles. The van der Waals surface area contributed by atoms with Crippen LogP contribution in [0.5, 0.6) is 0 Å². The van der Waals surface area contributed by atoms with Gasteiger partial charge in [-0.15, -0.1) is 0 Å². The van der Waals surface area contributed by atoms with E-state index >= 15 is 0 Å². The van der Waals surface area contributed by atoms with E-state index in [0.29, 0.717) is 5.69 Å².